The molecule has 0 saturated heterocycles. The Morgan fingerprint density at radius 2 is 1.51 bits per heavy atom. The standard InChI is InChI=1S/C49H61ClN10O13/c1-25(2)38(51)44(62)57-31(10-9-15-53-47(52)65)43(61)54-29-13-11-26(12-14-29)24-72-48(66)58(3)16-17-59(4)49(67)73-35-21-34-37(30-20-33(46(64)71-8)56-40(30)35)28(22-50)23-60(34)45(63)32-18-27-19-36(68-5)41(69-6)42(70-7)39(27)55-32/h11-14,18-21,25,28,31,38,55-56H,9-10,15-17,22-24,51H2,1-8H3,(H,54,61)(H,57,62)(H3,52,53,65)/t28-,31+,38+/m1/s1. The molecule has 0 saturated carbocycles. The van der Waals surface area contributed by atoms with Crippen molar-refractivity contribution in [1.82, 2.24) is 30.4 Å². The second kappa shape index (κ2) is 24.0. The molecule has 7 amide bonds. The maximum atomic E-state index is 14.5. The maximum absolute atomic E-state index is 14.5. The Morgan fingerprint density at radius 3 is 2.12 bits per heavy atom. The first-order valence-corrected chi connectivity index (χ1v) is 23.6. The summed E-state index contributed by atoms with van der Waals surface area (Å²) in [6.07, 6.45) is -0.949. The number of halogens is 1. The fourth-order valence-electron chi connectivity index (χ4n) is 8.14. The van der Waals surface area contributed by atoms with Crippen LogP contribution in [0.2, 0.25) is 0 Å². The highest BCUT2D eigenvalue weighted by Gasteiger charge is 2.37. The Hall–Kier alpha value is -7.92. The molecule has 1 aliphatic heterocycles. The first-order chi connectivity index (χ1) is 34.8. The molecule has 6 rings (SSSR count). The van der Waals surface area contributed by atoms with Crippen LogP contribution in [-0.4, -0.2) is 148 Å². The molecule has 3 atom stereocenters. The molecule has 0 spiro atoms. The molecule has 24 heteroatoms. The van der Waals surface area contributed by atoms with Crippen LogP contribution >= 0.6 is 11.6 Å². The van der Waals surface area contributed by atoms with Gasteiger partial charge < -0.3 is 80.5 Å². The van der Waals surface area contributed by atoms with Gasteiger partial charge in [0.2, 0.25) is 17.6 Å². The first kappa shape index (κ1) is 54.4. The van der Waals surface area contributed by atoms with Crippen molar-refractivity contribution in [2.24, 2.45) is 17.4 Å². The fourth-order valence-corrected chi connectivity index (χ4v) is 8.39. The number of hydrogen-bond donors (Lipinski definition) is 7. The largest absolute Gasteiger partial charge is 0.493 e. The number of aromatic nitrogens is 2. The minimum atomic E-state index is -0.951. The molecular formula is C49H61ClN10O13. The highest BCUT2D eigenvalue weighted by atomic mass is 35.5. The Bertz CT molecular complexity index is 2870. The number of nitrogens with one attached hydrogen (secondary N) is 5. The number of alkyl halides is 1. The van der Waals surface area contributed by atoms with Crippen LogP contribution < -0.4 is 51.3 Å². The molecule has 0 radical (unpaired) electrons. The molecule has 392 valence electrons. The monoisotopic (exact) mass is 1030 g/mol. The average Bonchev–Trinajstić information content (AvgIpc) is 4.12. The van der Waals surface area contributed by atoms with E-state index in [9.17, 15) is 33.6 Å². The summed E-state index contributed by atoms with van der Waals surface area (Å²) >= 11 is 6.54. The lowest BCUT2D eigenvalue weighted by Crippen LogP contribution is -2.51. The third-order valence-electron chi connectivity index (χ3n) is 12.3. The number of primary amides is 1. The van der Waals surface area contributed by atoms with Gasteiger partial charge in [-0.1, -0.05) is 26.0 Å². The number of anilines is 2. The summed E-state index contributed by atoms with van der Waals surface area (Å²) in [6.45, 7) is 3.86. The molecule has 2 aromatic heterocycles. The van der Waals surface area contributed by atoms with Crippen LogP contribution in [0, 0.1) is 5.92 Å². The molecule has 9 N–H and O–H groups in total. The number of carbonyl (C=O) groups excluding carboxylic acids is 7. The number of fused-ring (bicyclic) bond motifs is 4. The van der Waals surface area contributed by atoms with E-state index >= 15 is 0 Å². The normalized spacial score (nSPS) is 13.7. The number of nitrogens with zero attached hydrogens (tertiary/aromatic N) is 3. The van der Waals surface area contributed by atoms with Crippen molar-refractivity contribution in [2.75, 3.05) is 84.8 Å². The van der Waals surface area contributed by atoms with Gasteiger partial charge in [-0.15, -0.1) is 11.6 Å². The quantitative estimate of drug-likeness (QED) is 0.0289. The number of aromatic amines is 2. The molecule has 5 aromatic rings. The van der Waals surface area contributed by atoms with Crippen molar-refractivity contribution >= 4 is 86.7 Å². The van der Waals surface area contributed by atoms with E-state index in [2.05, 4.69) is 25.9 Å². The average molecular weight is 1030 g/mol. The number of nitrogens with two attached hydrogens (primary N) is 2. The summed E-state index contributed by atoms with van der Waals surface area (Å²) in [5.41, 5.74) is 14.3. The van der Waals surface area contributed by atoms with Crippen LogP contribution in [-0.2, 0) is 25.7 Å². The predicted octanol–water partition coefficient (Wildman–Crippen LogP) is 5.00. The topological polar surface area (TPSA) is 304 Å². The Morgan fingerprint density at radius 1 is 0.836 bits per heavy atom. The van der Waals surface area contributed by atoms with Gasteiger partial charge in [0.1, 0.15) is 24.0 Å². The predicted molar refractivity (Wildman–Crippen MR) is 271 cm³/mol. The van der Waals surface area contributed by atoms with Crippen molar-refractivity contribution < 1.29 is 62.0 Å². The van der Waals surface area contributed by atoms with Crippen molar-refractivity contribution in [1.29, 1.82) is 0 Å². The van der Waals surface area contributed by atoms with Crippen LogP contribution in [0.3, 0.4) is 0 Å². The van der Waals surface area contributed by atoms with E-state index in [-0.39, 0.29) is 74.1 Å². The zero-order valence-electron chi connectivity index (χ0n) is 41.8. The van der Waals surface area contributed by atoms with E-state index in [1.807, 2.05) is 0 Å². The molecule has 0 aliphatic carbocycles. The van der Waals surface area contributed by atoms with Crippen molar-refractivity contribution in [2.45, 2.75) is 51.3 Å². The molecule has 1 aliphatic rings. The lowest BCUT2D eigenvalue weighted by atomic mass is 9.98. The third kappa shape index (κ3) is 12.4. The summed E-state index contributed by atoms with van der Waals surface area (Å²) in [6, 6.07) is 10.5. The van der Waals surface area contributed by atoms with Crippen molar-refractivity contribution in [3.63, 3.8) is 0 Å². The van der Waals surface area contributed by atoms with Gasteiger partial charge in [-0.05, 0) is 60.2 Å². The van der Waals surface area contributed by atoms with E-state index < -0.39 is 54.0 Å². The van der Waals surface area contributed by atoms with Gasteiger partial charge in [0, 0.05) is 74.6 Å². The van der Waals surface area contributed by atoms with Crippen LogP contribution in [0.5, 0.6) is 23.0 Å². The number of ether oxygens (including phenoxy) is 6. The van der Waals surface area contributed by atoms with Gasteiger partial charge in [0.25, 0.3) is 5.91 Å². The summed E-state index contributed by atoms with van der Waals surface area (Å²) in [5.74, 6) is -1.44. The Kier molecular flexibility index (Phi) is 17.9. The molecule has 73 heavy (non-hydrogen) atoms. The smallest absolute Gasteiger partial charge is 0.415 e. The SMILES string of the molecule is COC(=O)c1cc2c3c(cc(OC(=O)N(C)CCN(C)C(=O)OCc4ccc(NC(=O)[C@H](CCCNC(N)=O)NC(=O)[C@@H](N)C(C)C)cc4)c2[nH]1)N(C(=O)c1cc2cc(OC)c(OC)c(OC)c2[nH]1)C[C@H]3CCl. The van der Waals surface area contributed by atoms with Crippen LogP contribution in [0.1, 0.15) is 64.7 Å². The highest BCUT2D eigenvalue weighted by Crippen LogP contribution is 2.47. The second-order valence-corrected chi connectivity index (χ2v) is 17.9. The number of benzene rings is 3. The zero-order valence-corrected chi connectivity index (χ0v) is 42.5. The lowest BCUT2D eigenvalue weighted by Gasteiger charge is -2.22. The third-order valence-corrected chi connectivity index (χ3v) is 12.7. The Balaban J connectivity index is 1.10. The number of H-pyrrole nitrogens is 2. The number of rotatable bonds is 21. The number of hydrogen-bond acceptors (Lipinski definition) is 14. The summed E-state index contributed by atoms with van der Waals surface area (Å²) in [5, 5.41) is 9.02. The molecule has 3 heterocycles. The summed E-state index contributed by atoms with van der Waals surface area (Å²) in [7, 11) is 8.65. The van der Waals surface area contributed by atoms with E-state index in [0.29, 0.717) is 68.0 Å². The molecule has 0 unspecified atom stereocenters. The number of esters is 1. The maximum Gasteiger partial charge on any atom is 0.415 e. The number of amides is 7. The van der Waals surface area contributed by atoms with Crippen LogP contribution in [0.4, 0.5) is 25.8 Å². The van der Waals surface area contributed by atoms with E-state index in [1.165, 1.54) is 57.2 Å². The number of likely N-dealkylation sites (N-methyl/N-ethyl adjacent to an activating group) is 2. The van der Waals surface area contributed by atoms with Gasteiger partial charge in [0.15, 0.2) is 17.2 Å². The number of methoxy groups -OCH3 is 4. The summed E-state index contributed by atoms with van der Waals surface area (Å²) in [4.78, 5) is 101. The summed E-state index contributed by atoms with van der Waals surface area (Å²) < 4.78 is 33.1. The van der Waals surface area contributed by atoms with Gasteiger partial charge in [-0.2, -0.15) is 0 Å². The first-order valence-electron chi connectivity index (χ1n) is 23.1. The number of carbonyl (C=O) groups is 7. The number of urea groups is 1. The lowest BCUT2D eigenvalue weighted by molar-refractivity contribution is -0.128. The fraction of sp³-hybridized carbons (Fsp3) is 0.408. The van der Waals surface area contributed by atoms with Gasteiger partial charge >= 0.3 is 24.2 Å². The van der Waals surface area contributed by atoms with Gasteiger partial charge in [-0.3, -0.25) is 14.4 Å². The molecular weight excluding hydrogens is 972 g/mol. The second-order valence-electron chi connectivity index (χ2n) is 17.5. The van der Waals surface area contributed by atoms with Gasteiger partial charge in [0.05, 0.1) is 51.2 Å². The minimum Gasteiger partial charge on any atom is -0.493 e. The van der Waals surface area contributed by atoms with Crippen molar-refractivity contribution in [3.8, 4) is 23.0 Å². The highest BCUT2D eigenvalue weighted by molar-refractivity contribution is 6.19. The van der Waals surface area contributed by atoms with Gasteiger partial charge in [-0.25, -0.2) is 19.2 Å². The van der Waals surface area contributed by atoms with Crippen LogP contribution in [0.25, 0.3) is 21.8 Å². The van der Waals surface area contributed by atoms with E-state index in [0.717, 1.165) is 0 Å². The molecule has 3 aromatic carbocycles. The van der Waals surface area contributed by atoms with E-state index in [4.69, 9.17) is 51.5 Å². The molecule has 23 nitrogen and oxygen atoms in total. The molecule has 0 bridgehead atoms. The molecule has 0 fully saturated rings. The van der Waals surface area contributed by atoms with Crippen molar-refractivity contribution in [3.05, 3.63) is 71.0 Å². The van der Waals surface area contributed by atoms with E-state index in [1.54, 1.807) is 62.4 Å². The van der Waals surface area contributed by atoms with Crippen LogP contribution in [0.15, 0.2) is 48.5 Å². The Labute approximate surface area is 425 Å². The minimum absolute atomic E-state index is 0.00693. The zero-order chi connectivity index (χ0) is 53.3.